The monoisotopic (exact) mass is 346 g/mol. The number of nitrogens with zero attached hydrogens (tertiary/aromatic N) is 1. The van der Waals surface area contributed by atoms with Crippen LogP contribution in [-0.4, -0.2) is 11.5 Å². The van der Waals surface area contributed by atoms with Gasteiger partial charge in [0.25, 0.3) is 0 Å². The van der Waals surface area contributed by atoms with Crippen LogP contribution in [0.4, 0.5) is 18.9 Å². The average molecular weight is 347 g/mol. The molecule has 2 rings (SSSR count). The molecule has 108 valence electrons. The predicted octanol–water partition coefficient (Wildman–Crippen LogP) is 5.15. The van der Waals surface area contributed by atoms with E-state index in [2.05, 4.69) is 26.2 Å². The second-order valence-electron chi connectivity index (χ2n) is 4.57. The molecule has 1 heterocycles. The number of pyridine rings is 1. The Balaban J connectivity index is 2.74. The lowest BCUT2D eigenvalue weighted by atomic mass is 10.1. The van der Waals surface area contributed by atoms with E-state index < -0.39 is 11.9 Å². The highest BCUT2D eigenvalue weighted by Gasteiger charge is 2.33. The van der Waals surface area contributed by atoms with E-state index in [0.29, 0.717) is 22.2 Å². The van der Waals surface area contributed by atoms with Gasteiger partial charge in [-0.1, -0.05) is 13.0 Å². The first-order chi connectivity index (χ1) is 9.34. The topological polar surface area (TPSA) is 24.9 Å². The largest absolute Gasteiger partial charge is 0.433 e. The highest BCUT2D eigenvalue weighted by molar-refractivity contribution is 9.10. The van der Waals surface area contributed by atoms with E-state index in [1.165, 1.54) is 0 Å². The Morgan fingerprint density at radius 1 is 1.30 bits per heavy atom. The van der Waals surface area contributed by atoms with E-state index in [1.807, 2.05) is 19.9 Å². The number of alkyl halides is 3. The summed E-state index contributed by atoms with van der Waals surface area (Å²) in [5.74, 6) is 0. The van der Waals surface area contributed by atoms with Crippen LogP contribution in [0.5, 0.6) is 0 Å². The maximum Gasteiger partial charge on any atom is 0.433 e. The first-order valence-corrected chi connectivity index (χ1v) is 7.04. The van der Waals surface area contributed by atoms with E-state index in [9.17, 15) is 13.2 Å². The Morgan fingerprint density at radius 3 is 2.60 bits per heavy atom. The van der Waals surface area contributed by atoms with Gasteiger partial charge in [0.2, 0.25) is 0 Å². The number of halogens is 4. The number of benzene rings is 1. The number of aryl methyl sites for hydroxylation is 1. The minimum atomic E-state index is -4.46. The van der Waals surface area contributed by atoms with Crippen molar-refractivity contribution >= 4 is 32.5 Å². The van der Waals surface area contributed by atoms with Gasteiger partial charge in [0, 0.05) is 22.1 Å². The Morgan fingerprint density at radius 2 is 2.00 bits per heavy atom. The molecule has 0 unspecified atom stereocenters. The molecule has 0 aliphatic carbocycles. The minimum Gasteiger partial charge on any atom is -0.384 e. The highest BCUT2D eigenvalue weighted by atomic mass is 79.9. The van der Waals surface area contributed by atoms with E-state index in [-0.39, 0.29) is 0 Å². The van der Waals surface area contributed by atoms with Gasteiger partial charge in [-0.25, -0.2) is 4.98 Å². The molecule has 0 saturated heterocycles. The Labute approximate surface area is 123 Å². The van der Waals surface area contributed by atoms with Gasteiger partial charge in [-0.3, -0.25) is 0 Å². The zero-order valence-corrected chi connectivity index (χ0v) is 12.7. The third kappa shape index (κ3) is 2.90. The van der Waals surface area contributed by atoms with Crippen molar-refractivity contribution in [3.63, 3.8) is 0 Å². The number of hydrogen-bond donors (Lipinski definition) is 1. The fraction of sp³-hybridized carbons (Fsp3) is 0.357. The molecule has 1 aromatic carbocycles. The molecule has 20 heavy (non-hydrogen) atoms. The second-order valence-corrected chi connectivity index (χ2v) is 5.42. The first kappa shape index (κ1) is 15.1. The summed E-state index contributed by atoms with van der Waals surface area (Å²) in [7, 11) is 0. The number of nitrogens with one attached hydrogen (secondary N) is 1. The fourth-order valence-electron chi connectivity index (χ4n) is 2.02. The molecule has 0 fully saturated rings. The summed E-state index contributed by atoms with van der Waals surface area (Å²) in [5, 5.41) is 3.78. The lowest BCUT2D eigenvalue weighted by molar-refractivity contribution is -0.140. The number of hydrogen-bond acceptors (Lipinski definition) is 2. The van der Waals surface area contributed by atoms with Gasteiger partial charge >= 0.3 is 6.18 Å². The van der Waals surface area contributed by atoms with E-state index >= 15 is 0 Å². The summed E-state index contributed by atoms with van der Waals surface area (Å²) in [6.45, 7) is 4.44. The van der Waals surface area contributed by atoms with Crippen molar-refractivity contribution in [2.45, 2.75) is 26.4 Å². The summed E-state index contributed by atoms with van der Waals surface area (Å²) in [4.78, 5) is 3.76. The van der Waals surface area contributed by atoms with Crippen LogP contribution >= 0.6 is 15.9 Å². The highest BCUT2D eigenvalue weighted by Crippen LogP contribution is 2.36. The molecule has 6 heteroatoms. The predicted molar refractivity (Wildman–Crippen MR) is 78.0 cm³/mol. The molecular weight excluding hydrogens is 333 g/mol. The molecule has 2 aromatic rings. The Kier molecular flexibility index (Phi) is 4.22. The van der Waals surface area contributed by atoms with Crippen LogP contribution < -0.4 is 5.32 Å². The maximum atomic E-state index is 12.9. The molecule has 2 nitrogen and oxygen atoms in total. The molecule has 0 amide bonds. The van der Waals surface area contributed by atoms with Crippen LogP contribution in [0.3, 0.4) is 0 Å². The zero-order chi connectivity index (χ0) is 14.9. The molecular formula is C14H14BrF3N2. The zero-order valence-electron chi connectivity index (χ0n) is 11.1. The minimum absolute atomic E-state index is 0.332. The van der Waals surface area contributed by atoms with Gasteiger partial charge in [-0.05, 0) is 47.0 Å². The SMILES string of the molecule is CCCNc1cc(C(F)(F)F)nc2c(Br)ccc(C)c12. The van der Waals surface area contributed by atoms with Crippen molar-refractivity contribution in [1.29, 1.82) is 0 Å². The van der Waals surface area contributed by atoms with Crippen LogP contribution in [0.15, 0.2) is 22.7 Å². The van der Waals surface area contributed by atoms with Crippen molar-refractivity contribution in [2.75, 3.05) is 11.9 Å². The molecule has 0 atom stereocenters. The average Bonchev–Trinajstić information content (AvgIpc) is 2.39. The summed E-state index contributed by atoms with van der Waals surface area (Å²) in [6, 6.07) is 4.66. The van der Waals surface area contributed by atoms with Crippen LogP contribution in [0.2, 0.25) is 0 Å². The van der Waals surface area contributed by atoms with Crippen molar-refractivity contribution in [3.8, 4) is 0 Å². The van der Waals surface area contributed by atoms with Crippen molar-refractivity contribution in [3.05, 3.63) is 33.9 Å². The molecule has 1 aromatic heterocycles. The normalized spacial score (nSPS) is 11.9. The fourth-order valence-corrected chi connectivity index (χ4v) is 2.44. The molecule has 0 aliphatic heterocycles. The molecule has 0 radical (unpaired) electrons. The standard InChI is InChI=1S/C14H14BrF3N2/c1-3-6-19-10-7-11(14(16,17)18)20-13-9(15)5-4-8(2)12(10)13/h4-5,7H,3,6H2,1-2H3,(H,19,20). The number of aromatic nitrogens is 1. The van der Waals surface area contributed by atoms with Gasteiger partial charge in [0.05, 0.1) is 5.52 Å². The third-order valence-electron chi connectivity index (χ3n) is 2.98. The first-order valence-electron chi connectivity index (χ1n) is 6.25. The van der Waals surface area contributed by atoms with Gasteiger partial charge in [-0.2, -0.15) is 13.2 Å². The molecule has 0 saturated carbocycles. The molecule has 0 spiro atoms. The van der Waals surface area contributed by atoms with Crippen molar-refractivity contribution < 1.29 is 13.2 Å². The number of anilines is 1. The summed E-state index contributed by atoms with van der Waals surface area (Å²) < 4.78 is 39.4. The van der Waals surface area contributed by atoms with Crippen LogP contribution in [-0.2, 0) is 6.18 Å². The summed E-state index contributed by atoms with van der Waals surface area (Å²) >= 11 is 3.28. The summed E-state index contributed by atoms with van der Waals surface area (Å²) in [5.41, 5.74) is 0.819. The van der Waals surface area contributed by atoms with Gasteiger partial charge in [0.15, 0.2) is 0 Å². The molecule has 0 bridgehead atoms. The van der Waals surface area contributed by atoms with Crippen molar-refractivity contribution in [1.82, 2.24) is 4.98 Å². The van der Waals surface area contributed by atoms with E-state index in [4.69, 9.17) is 0 Å². The van der Waals surface area contributed by atoms with Gasteiger partial charge < -0.3 is 5.32 Å². The van der Waals surface area contributed by atoms with Crippen LogP contribution in [0.25, 0.3) is 10.9 Å². The van der Waals surface area contributed by atoms with Crippen LogP contribution in [0.1, 0.15) is 24.6 Å². The number of fused-ring (bicyclic) bond motifs is 1. The molecule has 0 aliphatic rings. The lowest BCUT2D eigenvalue weighted by Crippen LogP contribution is -2.11. The maximum absolute atomic E-state index is 12.9. The second kappa shape index (κ2) is 5.60. The lowest BCUT2D eigenvalue weighted by Gasteiger charge is -2.15. The van der Waals surface area contributed by atoms with Crippen molar-refractivity contribution in [2.24, 2.45) is 0 Å². The quantitative estimate of drug-likeness (QED) is 0.831. The number of rotatable bonds is 3. The summed E-state index contributed by atoms with van der Waals surface area (Å²) in [6.07, 6.45) is -3.63. The van der Waals surface area contributed by atoms with Gasteiger partial charge in [-0.15, -0.1) is 0 Å². The molecule has 1 N–H and O–H groups in total. The third-order valence-corrected chi connectivity index (χ3v) is 3.62. The van der Waals surface area contributed by atoms with E-state index in [0.717, 1.165) is 23.4 Å². The van der Waals surface area contributed by atoms with Crippen LogP contribution in [0, 0.1) is 6.92 Å². The Hall–Kier alpha value is -1.30. The smallest absolute Gasteiger partial charge is 0.384 e. The van der Waals surface area contributed by atoms with Gasteiger partial charge in [0.1, 0.15) is 5.69 Å². The Bertz CT molecular complexity index is 638. The van der Waals surface area contributed by atoms with E-state index in [1.54, 1.807) is 6.07 Å².